The molecule has 3 aliphatic heterocycles. The zero-order chi connectivity index (χ0) is 18.4. The van der Waals surface area contributed by atoms with E-state index >= 15 is 0 Å². The SMILES string of the molecule is O=c1cc(-c2cc(N3CCC(O)CC3)ncn2)cc2n1C[C@@H]1CNC[C@H]2C1. The van der Waals surface area contributed by atoms with Crippen molar-refractivity contribution in [2.75, 3.05) is 31.1 Å². The van der Waals surface area contributed by atoms with E-state index in [0.717, 1.165) is 74.8 Å². The van der Waals surface area contributed by atoms with Crippen LogP contribution < -0.4 is 15.8 Å². The molecule has 5 heterocycles. The molecule has 0 radical (unpaired) electrons. The Morgan fingerprint density at radius 3 is 2.81 bits per heavy atom. The third kappa shape index (κ3) is 3.15. The summed E-state index contributed by atoms with van der Waals surface area (Å²) in [5.74, 6) is 1.82. The molecule has 3 aliphatic rings. The molecule has 2 saturated heterocycles. The van der Waals surface area contributed by atoms with Crippen LogP contribution in [0.4, 0.5) is 5.82 Å². The number of hydrogen-bond donors (Lipinski definition) is 2. The smallest absolute Gasteiger partial charge is 0.251 e. The first-order chi connectivity index (χ1) is 13.2. The molecule has 2 fully saturated rings. The Morgan fingerprint density at radius 2 is 1.96 bits per heavy atom. The number of rotatable bonds is 2. The Labute approximate surface area is 158 Å². The lowest BCUT2D eigenvalue weighted by molar-refractivity contribution is 0.145. The van der Waals surface area contributed by atoms with Gasteiger partial charge in [0.15, 0.2) is 0 Å². The lowest BCUT2D eigenvalue weighted by Crippen LogP contribution is -2.44. The number of aliphatic hydroxyl groups excluding tert-OH is 1. The molecule has 5 rings (SSSR count). The van der Waals surface area contributed by atoms with Gasteiger partial charge in [0, 0.05) is 55.5 Å². The fourth-order valence-corrected chi connectivity index (χ4v) is 4.72. The Hall–Kier alpha value is -2.25. The van der Waals surface area contributed by atoms with Gasteiger partial charge in [-0.3, -0.25) is 4.79 Å². The quantitative estimate of drug-likeness (QED) is 0.823. The zero-order valence-corrected chi connectivity index (χ0v) is 15.3. The van der Waals surface area contributed by atoms with Crippen molar-refractivity contribution in [3.8, 4) is 11.3 Å². The highest BCUT2D eigenvalue weighted by Crippen LogP contribution is 2.33. The van der Waals surface area contributed by atoms with E-state index < -0.39 is 0 Å². The van der Waals surface area contributed by atoms with Gasteiger partial charge in [-0.15, -0.1) is 0 Å². The number of fused-ring (bicyclic) bond motifs is 4. The van der Waals surface area contributed by atoms with Crippen molar-refractivity contribution in [2.24, 2.45) is 5.92 Å². The van der Waals surface area contributed by atoms with Crippen LogP contribution in [0.5, 0.6) is 0 Å². The average molecular weight is 367 g/mol. The first kappa shape index (κ1) is 16.9. The number of piperidine rings is 2. The molecule has 0 unspecified atom stereocenters. The van der Waals surface area contributed by atoms with Crippen LogP contribution in [0, 0.1) is 5.92 Å². The molecule has 2 N–H and O–H groups in total. The van der Waals surface area contributed by atoms with Crippen LogP contribution in [0.15, 0.2) is 29.3 Å². The van der Waals surface area contributed by atoms with Gasteiger partial charge < -0.3 is 19.9 Å². The van der Waals surface area contributed by atoms with Crippen molar-refractivity contribution in [3.63, 3.8) is 0 Å². The van der Waals surface area contributed by atoms with E-state index in [0.29, 0.717) is 11.8 Å². The molecule has 7 nitrogen and oxygen atoms in total. The molecule has 7 heteroatoms. The molecular weight excluding hydrogens is 342 g/mol. The second-order valence-corrected chi connectivity index (χ2v) is 8.05. The number of aliphatic hydroxyl groups is 1. The van der Waals surface area contributed by atoms with Gasteiger partial charge in [-0.2, -0.15) is 0 Å². The molecule has 2 bridgehead atoms. The monoisotopic (exact) mass is 367 g/mol. The molecule has 0 saturated carbocycles. The van der Waals surface area contributed by atoms with E-state index in [2.05, 4.69) is 26.3 Å². The zero-order valence-electron chi connectivity index (χ0n) is 15.3. The fourth-order valence-electron chi connectivity index (χ4n) is 4.72. The van der Waals surface area contributed by atoms with Gasteiger partial charge in [0.05, 0.1) is 11.8 Å². The maximum Gasteiger partial charge on any atom is 0.251 e. The summed E-state index contributed by atoms with van der Waals surface area (Å²) in [7, 11) is 0. The molecule has 2 aromatic rings. The topological polar surface area (TPSA) is 83.3 Å². The summed E-state index contributed by atoms with van der Waals surface area (Å²) in [6, 6.07) is 5.82. The minimum absolute atomic E-state index is 0.0698. The van der Waals surface area contributed by atoms with Gasteiger partial charge in [-0.05, 0) is 37.8 Å². The van der Waals surface area contributed by atoms with Crippen LogP contribution in [0.2, 0.25) is 0 Å². The number of nitrogens with one attached hydrogen (secondary N) is 1. The highest BCUT2D eigenvalue weighted by atomic mass is 16.3. The van der Waals surface area contributed by atoms with Gasteiger partial charge in [0.25, 0.3) is 5.56 Å². The number of anilines is 1. The Balaban J connectivity index is 1.49. The largest absolute Gasteiger partial charge is 0.393 e. The van der Waals surface area contributed by atoms with Crippen molar-refractivity contribution in [1.29, 1.82) is 0 Å². The fraction of sp³-hybridized carbons (Fsp3) is 0.550. The van der Waals surface area contributed by atoms with Gasteiger partial charge in [-0.1, -0.05) is 0 Å². The Morgan fingerprint density at radius 1 is 1.11 bits per heavy atom. The molecule has 0 spiro atoms. The standard InChI is InChI=1S/C20H25N5O2/c26-16-1-3-24(4-2-16)19-8-17(22-12-23-19)14-6-18-15-5-13(9-21-10-15)11-25(18)20(27)7-14/h6-8,12-13,15-16,21,26H,1-5,9-11H2/t13-,15+/m0/s1. The first-order valence-corrected chi connectivity index (χ1v) is 9.88. The predicted octanol–water partition coefficient (Wildman–Crippen LogP) is 0.973. The van der Waals surface area contributed by atoms with Crippen molar-refractivity contribution >= 4 is 5.82 Å². The van der Waals surface area contributed by atoms with Gasteiger partial charge in [0.1, 0.15) is 12.1 Å². The minimum Gasteiger partial charge on any atom is -0.393 e. The third-order valence-corrected chi connectivity index (χ3v) is 6.20. The van der Waals surface area contributed by atoms with Crippen LogP contribution in [0.25, 0.3) is 11.3 Å². The Kier molecular flexibility index (Phi) is 4.21. The van der Waals surface area contributed by atoms with Crippen molar-refractivity contribution < 1.29 is 5.11 Å². The summed E-state index contributed by atoms with van der Waals surface area (Å²) >= 11 is 0. The Bertz CT molecular complexity index is 903. The van der Waals surface area contributed by atoms with E-state index in [4.69, 9.17) is 0 Å². The maximum atomic E-state index is 12.8. The molecule has 0 aliphatic carbocycles. The third-order valence-electron chi connectivity index (χ3n) is 6.20. The molecular formula is C20H25N5O2. The van der Waals surface area contributed by atoms with E-state index in [1.807, 2.05) is 10.6 Å². The second-order valence-electron chi connectivity index (χ2n) is 8.05. The number of nitrogens with zero attached hydrogens (tertiary/aromatic N) is 4. The minimum atomic E-state index is -0.212. The van der Waals surface area contributed by atoms with Crippen molar-refractivity contribution in [1.82, 2.24) is 19.9 Å². The summed E-state index contributed by atoms with van der Waals surface area (Å²) in [5.41, 5.74) is 2.86. The normalized spacial score (nSPS) is 25.3. The highest BCUT2D eigenvalue weighted by molar-refractivity contribution is 5.63. The lowest BCUT2D eigenvalue weighted by Gasteiger charge is -2.37. The average Bonchev–Trinajstić information content (AvgIpc) is 2.70. The van der Waals surface area contributed by atoms with Crippen LogP contribution in [-0.4, -0.2) is 51.9 Å². The van der Waals surface area contributed by atoms with E-state index in [1.165, 1.54) is 0 Å². The van der Waals surface area contributed by atoms with Crippen LogP contribution in [0.3, 0.4) is 0 Å². The maximum absolute atomic E-state index is 12.8. The summed E-state index contributed by atoms with van der Waals surface area (Å²) < 4.78 is 1.96. The van der Waals surface area contributed by atoms with E-state index in [1.54, 1.807) is 12.4 Å². The molecule has 0 aromatic carbocycles. The van der Waals surface area contributed by atoms with Crippen molar-refractivity contribution in [3.05, 3.63) is 40.6 Å². The van der Waals surface area contributed by atoms with Gasteiger partial charge in [0.2, 0.25) is 0 Å². The summed E-state index contributed by atoms with van der Waals surface area (Å²) in [4.78, 5) is 23.8. The first-order valence-electron chi connectivity index (χ1n) is 9.88. The molecule has 2 aromatic heterocycles. The van der Waals surface area contributed by atoms with Crippen molar-refractivity contribution in [2.45, 2.75) is 37.8 Å². The summed E-state index contributed by atoms with van der Waals surface area (Å²) in [6.45, 7) is 4.33. The molecule has 27 heavy (non-hydrogen) atoms. The number of aromatic nitrogens is 3. The van der Waals surface area contributed by atoms with Gasteiger partial charge in [-0.25, -0.2) is 9.97 Å². The van der Waals surface area contributed by atoms with E-state index in [9.17, 15) is 9.90 Å². The van der Waals surface area contributed by atoms with Crippen LogP contribution in [-0.2, 0) is 6.54 Å². The van der Waals surface area contributed by atoms with Gasteiger partial charge >= 0.3 is 0 Å². The predicted molar refractivity (Wildman–Crippen MR) is 103 cm³/mol. The highest BCUT2D eigenvalue weighted by Gasteiger charge is 2.31. The molecule has 2 atom stereocenters. The van der Waals surface area contributed by atoms with Crippen LogP contribution in [0.1, 0.15) is 30.9 Å². The molecule has 0 amide bonds. The summed E-state index contributed by atoms with van der Waals surface area (Å²) in [5, 5.41) is 13.2. The summed E-state index contributed by atoms with van der Waals surface area (Å²) in [6.07, 6.45) is 4.03. The number of pyridine rings is 1. The lowest BCUT2D eigenvalue weighted by atomic mass is 9.83. The van der Waals surface area contributed by atoms with E-state index in [-0.39, 0.29) is 11.7 Å². The van der Waals surface area contributed by atoms with Crippen LogP contribution >= 0.6 is 0 Å². The number of hydrogen-bond acceptors (Lipinski definition) is 6. The second kappa shape index (κ2) is 6.73. The molecule has 142 valence electrons.